The number of amides is 1. The molecular formula is C17H26N2O4. The highest BCUT2D eigenvalue weighted by molar-refractivity contribution is 5.81. The number of hydrogen-bond acceptors (Lipinski definition) is 5. The minimum Gasteiger partial charge on any atom is -0.467 e. The Morgan fingerprint density at radius 1 is 1.39 bits per heavy atom. The first-order valence-corrected chi connectivity index (χ1v) is 8.56. The quantitative estimate of drug-likeness (QED) is 0.736. The van der Waals surface area contributed by atoms with E-state index in [1.165, 1.54) is 0 Å². The number of hydrogen-bond donors (Lipinski definition) is 1. The first kappa shape index (κ1) is 16.5. The van der Waals surface area contributed by atoms with Gasteiger partial charge in [0.2, 0.25) is 5.91 Å². The van der Waals surface area contributed by atoms with Gasteiger partial charge in [-0.2, -0.15) is 0 Å². The van der Waals surface area contributed by atoms with Crippen LogP contribution in [-0.4, -0.2) is 55.9 Å². The molecule has 0 saturated carbocycles. The first-order valence-electron chi connectivity index (χ1n) is 8.56. The largest absolute Gasteiger partial charge is 0.467 e. The SMILES string of the molecule is O=C(NCc1ccco1)[C@H]1CCCN1CCOC[C@@H]1CCCO1. The summed E-state index contributed by atoms with van der Waals surface area (Å²) in [6.07, 6.45) is 6.09. The number of carbonyl (C=O) groups is 1. The lowest BCUT2D eigenvalue weighted by atomic mass is 10.2. The molecule has 0 aromatic carbocycles. The molecule has 2 atom stereocenters. The van der Waals surface area contributed by atoms with E-state index in [-0.39, 0.29) is 18.1 Å². The van der Waals surface area contributed by atoms with Crippen molar-refractivity contribution in [1.82, 2.24) is 10.2 Å². The van der Waals surface area contributed by atoms with Crippen molar-refractivity contribution in [2.45, 2.75) is 44.4 Å². The Morgan fingerprint density at radius 2 is 2.35 bits per heavy atom. The number of nitrogens with one attached hydrogen (secondary N) is 1. The summed E-state index contributed by atoms with van der Waals surface area (Å²) >= 11 is 0. The summed E-state index contributed by atoms with van der Waals surface area (Å²) in [4.78, 5) is 14.6. The molecule has 0 bridgehead atoms. The second kappa shape index (κ2) is 8.47. The van der Waals surface area contributed by atoms with Crippen LogP contribution in [0.2, 0.25) is 0 Å². The molecule has 2 saturated heterocycles. The fourth-order valence-electron chi connectivity index (χ4n) is 3.27. The monoisotopic (exact) mass is 322 g/mol. The van der Waals surface area contributed by atoms with E-state index in [2.05, 4.69) is 10.2 Å². The first-order chi connectivity index (χ1) is 11.3. The van der Waals surface area contributed by atoms with Crippen molar-refractivity contribution in [2.75, 3.05) is 32.9 Å². The predicted molar refractivity (Wildman–Crippen MR) is 84.9 cm³/mol. The van der Waals surface area contributed by atoms with Crippen molar-refractivity contribution in [3.63, 3.8) is 0 Å². The molecule has 6 nitrogen and oxygen atoms in total. The highest BCUT2D eigenvalue weighted by Crippen LogP contribution is 2.17. The molecule has 2 fully saturated rings. The van der Waals surface area contributed by atoms with Crippen molar-refractivity contribution in [3.05, 3.63) is 24.2 Å². The predicted octanol–water partition coefficient (Wildman–Crippen LogP) is 1.56. The number of furan rings is 1. The molecule has 0 radical (unpaired) electrons. The molecule has 6 heteroatoms. The molecule has 2 aliphatic heterocycles. The minimum absolute atomic E-state index is 0.0451. The summed E-state index contributed by atoms with van der Waals surface area (Å²) in [6.45, 7) is 4.39. The number of ether oxygens (including phenoxy) is 2. The van der Waals surface area contributed by atoms with Gasteiger partial charge in [0.1, 0.15) is 5.76 Å². The highest BCUT2D eigenvalue weighted by Gasteiger charge is 2.30. The Bertz CT molecular complexity index is 471. The van der Waals surface area contributed by atoms with Crippen molar-refractivity contribution < 1.29 is 18.7 Å². The van der Waals surface area contributed by atoms with Gasteiger partial charge in [0.05, 0.1) is 38.2 Å². The zero-order chi connectivity index (χ0) is 15.9. The summed E-state index contributed by atoms with van der Waals surface area (Å²) in [5.74, 6) is 0.862. The van der Waals surface area contributed by atoms with E-state index in [4.69, 9.17) is 13.9 Å². The maximum absolute atomic E-state index is 12.3. The van der Waals surface area contributed by atoms with Crippen LogP contribution >= 0.6 is 0 Å². The summed E-state index contributed by atoms with van der Waals surface area (Å²) in [6, 6.07) is 3.65. The van der Waals surface area contributed by atoms with Crippen LogP contribution in [0.4, 0.5) is 0 Å². The maximum atomic E-state index is 12.3. The zero-order valence-electron chi connectivity index (χ0n) is 13.5. The molecular weight excluding hydrogens is 296 g/mol. The fraction of sp³-hybridized carbons (Fsp3) is 0.706. The number of nitrogens with zero attached hydrogens (tertiary/aromatic N) is 1. The summed E-state index contributed by atoms with van der Waals surface area (Å²) in [7, 11) is 0. The third kappa shape index (κ3) is 4.80. The van der Waals surface area contributed by atoms with Gasteiger partial charge < -0.3 is 19.2 Å². The summed E-state index contributed by atoms with van der Waals surface area (Å²) in [5, 5.41) is 2.96. The highest BCUT2D eigenvalue weighted by atomic mass is 16.5. The van der Waals surface area contributed by atoms with Crippen molar-refractivity contribution in [1.29, 1.82) is 0 Å². The Morgan fingerprint density at radius 3 is 3.13 bits per heavy atom. The summed E-state index contributed by atoms with van der Waals surface area (Å²) in [5.41, 5.74) is 0. The molecule has 1 aromatic heterocycles. The molecule has 23 heavy (non-hydrogen) atoms. The molecule has 0 unspecified atom stereocenters. The van der Waals surface area contributed by atoms with Crippen LogP contribution in [0, 0.1) is 0 Å². The lowest BCUT2D eigenvalue weighted by Crippen LogP contribution is -2.44. The van der Waals surface area contributed by atoms with E-state index in [0.29, 0.717) is 19.8 Å². The standard InChI is InChI=1S/C17H26N2O4/c20-17(18-12-14-4-2-9-22-14)16-6-1-7-19(16)8-11-21-13-15-5-3-10-23-15/h2,4,9,15-16H,1,3,5-8,10-13H2,(H,18,20)/t15-,16+/m0/s1. The fourth-order valence-corrected chi connectivity index (χ4v) is 3.27. The molecule has 1 N–H and O–H groups in total. The van der Waals surface area contributed by atoms with Crippen molar-refractivity contribution >= 4 is 5.91 Å². The van der Waals surface area contributed by atoms with Gasteiger partial charge in [-0.15, -0.1) is 0 Å². The topological polar surface area (TPSA) is 63.9 Å². The van der Waals surface area contributed by atoms with Crippen molar-refractivity contribution in [2.24, 2.45) is 0 Å². The van der Waals surface area contributed by atoms with E-state index in [1.807, 2.05) is 12.1 Å². The van der Waals surface area contributed by atoms with Crippen LogP contribution in [0.15, 0.2) is 22.8 Å². The Hall–Kier alpha value is -1.37. The second-order valence-electron chi connectivity index (χ2n) is 6.20. The van der Waals surface area contributed by atoms with Crippen LogP contribution in [0.25, 0.3) is 0 Å². The number of carbonyl (C=O) groups excluding carboxylic acids is 1. The molecule has 1 amide bonds. The molecule has 128 valence electrons. The van der Waals surface area contributed by atoms with E-state index in [1.54, 1.807) is 6.26 Å². The number of likely N-dealkylation sites (tertiary alicyclic amines) is 1. The average Bonchev–Trinajstić information content (AvgIpc) is 3.32. The minimum atomic E-state index is -0.0451. The van der Waals surface area contributed by atoms with E-state index in [0.717, 1.165) is 51.1 Å². The third-order valence-electron chi connectivity index (χ3n) is 4.53. The van der Waals surface area contributed by atoms with Gasteiger partial charge in [-0.05, 0) is 44.4 Å². The van der Waals surface area contributed by atoms with Crippen LogP contribution in [0.3, 0.4) is 0 Å². The van der Waals surface area contributed by atoms with Gasteiger partial charge in [-0.25, -0.2) is 0 Å². The molecule has 0 spiro atoms. The molecule has 0 aliphatic carbocycles. The third-order valence-corrected chi connectivity index (χ3v) is 4.53. The molecule has 1 aromatic rings. The van der Waals surface area contributed by atoms with Gasteiger partial charge in [-0.1, -0.05) is 0 Å². The lowest BCUT2D eigenvalue weighted by Gasteiger charge is -2.23. The van der Waals surface area contributed by atoms with Gasteiger partial charge in [0, 0.05) is 13.2 Å². The van der Waals surface area contributed by atoms with E-state index in [9.17, 15) is 4.79 Å². The van der Waals surface area contributed by atoms with Crippen LogP contribution < -0.4 is 5.32 Å². The Kier molecular flexibility index (Phi) is 6.07. The Balaban J connectivity index is 1.35. The van der Waals surface area contributed by atoms with E-state index >= 15 is 0 Å². The Labute approximate surface area is 137 Å². The molecule has 2 aliphatic rings. The van der Waals surface area contributed by atoms with Crippen LogP contribution in [-0.2, 0) is 20.8 Å². The summed E-state index contributed by atoms with van der Waals surface area (Å²) < 4.78 is 16.5. The average molecular weight is 322 g/mol. The van der Waals surface area contributed by atoms with Gasteiger partial charge in [0.15, 0.2) is 0 Å². The second-order valence-corrected chi connectivity index (χ2v) is 6.20. The maximum Gasteiger partial charge on any atom is 0.237 e. The number of rotatable bonds is 8. The van der Waals surface area contributed by atoms with Gasteiger partial charge in [0.25, 0.3) is 0 Å². The van der Waals surface area contributed by atoms with Crippen LogP contribution in [0.5, 0.6) is 0 Å². The zero-order valence-corrected chi connectivity index (χ0v) is 13.5. The molecule has 3 heterocycles. The molecule has 3 rings (SSSR count). The smallest absolute Gasteiger partial charge is 0.237 e. The van der Waals surface area contributed by atoms with Crippen LogP contribution in [0.1, 0.15) is 31.4 Å². The van der Waals surface area contributed by atoms with E-state index < -0.39 is 0 Å². The lowest BCUT2D eigenvalue weighted by molar-refractivity contribution is -0.126. The normalized spacial score (nSPS) is 25.0. The van der Waals surface area contributed by atoms with Gasteiger partial charge in [-0.3, -0.25) is 9.69 Å². The van der Waals surface area contributed by atoms with Gasteiger partial charge >= 0.3 is 0 Å². The van der Waals surface area contributed by atoms with Crippen molar-refractivity contribution in [3.8, 4) is 0 Å².